The third kappa shape index (κ3) is 5.17. The van der Waals surface area contributed by atoms with Gasteiger partial charge in [-0.2, -0.15) is 9.97 Å². The molecular weight excluding hydrogens is 687 g/mol. The number of fused-ring (bicyclic) bond motifs is 7. The van der Waals surface area contributed by atoms with Gasteiger partial charge in [0.25, 0.3) is 0 Å². The Morgan fingerprint density at radius 3 is 1.45 bits per heavy atom. The Kier molecular flexibility index (Phi) is 7.35. The summed E-state index contributed by atoms with van der Waals surface area (Å²) in [4.78, 5) is 24.9. The van der Waals surface area contributed by atoms with E-state index in [1.807, 2.05) is 97.3 Å². The molecule has 0 aliphatic carbocycles. The fourth-order valence-corrected chi connectivity index (χ4v) is 7.95. The van der Waals surface area contributed by atoms with Crippen LogP contribution in [-0.4, -0.2) is 34.1 Å². The van der Waals surface area contributed by atoms with Crippen LogP contribution in [0.5, 0.6) is 0 Å². The molecule has 5 aromatic heterocycles. The van der Waals surface area contributed by atoms with Crippen molar-refractivity contribution in [2.45, 2.75) is 0 Å². The molecule has 0 atom stereocenters. The van der Waals surface area contributed by atoms with Crippen LogP contribution in [-0.2, 0) is 0 Å². The molecule has 6 aromatic carbocycles. The van der Waals surface area contributed by atoms with E-state index in [4.69, 9.17) is 19.9 Å². The summed E-state index contributed by atoms with van der Waals surface area (Å²) in [5.41, 5.74) is 11.0. The van der Waals surface area contributed by atoms with Crippen molar-refractivity contribution in [3.63, 3.8) is 0 Å². The van der Waals surface area contributed by atoms with Crippen molar-refractivity contribution in [2.75, 3.05) is 0 Å². The number of hydrogen-bond donors (Lipinski definition) is 0. The van der Waals surface area contributed by atoms with E-state index in [9.17, 15) is 0 Å². The van der Waals surface area contributed by atoms with Gasteiger partial charge in [0, 0.05) is 61.9 Å². The van der Waals surface area contributed by atoms with Gasteiger partial charge in [-0.3, -0.25) is 14.5 Å². The van der Waals surface area contributed by atoms with E-state index in [1.165, 1.54) is 0 Å². The van der Waals surface area contributed by atoms with Crippen LogP contribution in [0.15, 0.2) is 188 Å². The average Bonchev–Trinajstić information content (AvgIpc) is 3.80. The van der Waals surface area contributed by atoms with E-state index in [-0.39, 0.29) is 0 Å². The molecule has 0 saturated heterocycles. The van der Waals surface area contributed by atoms with Crippen molar-refractivity contribution in [3.05, 3.63) is 188 Å². The minimum atomic E-state index is 0.544. The van der Waals surface area contributed by atoms with E-state index in [0.29, 0.717) is 17.6 Å². The maximum atomic E-state index is 5.22. The number of benzene rings is 6. The molecule has 11 rings (SSSR count). The highest BCUT2D eigenvalue weighted by molar-refractivity contribution is 6.26. The Labute approximate surface area is 321 Å². The van der Waals surface area contributed by atoms with E-state index in [2.05, 4.69) is 105 Å². The summed E-state index contributed by atoms with van der Waals surface area (Å²) in [6.45, 7) is 0. The van der Waals surface area contributed by atoms with Gasteiger partial charge in [-0.25, -0.2) is 4.98 Å². The number of nitrogens with zero attached hydrogens (tertiary/aromatic N) is 7. The van der Waals surface area contributed by atoms with Crippen molar-refractivity contribution in [3.8, 4) is 56.9 Å². The molecule has 0 N–H and O–H groups in total. The molecule has 0 saturated carbocycles. The van der Waals surface area contributed by atoms with Crippen LogP contribution < -0.4 is 0 Å². The fraction of sp³-hybridized carbons (Fsp3) is 0. The number of pyridine rings is 2. The van der Waals surface area contributed by atoms with Gasteiger partial charge in [0.2, 0.25) is 5.95 Å². The van der Waals surface area contributed by atoms with Gasteiger partial charge in [-0.15, -0.1) is 0 Å². The van der Waals surface area contributed by atoms with Crippen molar-refractivity contribution in [1.82, 2.24) is 34.1 Å². The quantitative estimate of drug-likeness (QED) is 0.171. The molecule has 7 nitrogen and oxygen atoms in total. The number of aromatic nitrogens is 7. The predicted octanol–water partition coefficient (Wildman–Crippen LogP) is 11.5. The van der Waals surface area contributed by atoms with Gasteiger partial charge in [0.1, 0.15) is 0 Å². The van der Waals surface area contributed by atoms with Crippen LogP contribution in [0.3, 0.4) is 0 Å². The summed E-state index contributed by atoms with van der Waals surface area (Å²) < 4.78 is 4.59. The Hall–Kier alpha value is -7.77. The SMILES string of the molecule is c1ccc(-c2nc(-c3ccccc3)nc(-n3c4ccc(-c5ccccn5)cc4c4c3ccc3c5cc(-c6ccccn6)ccc5n(-c5ccccc5)c34)n2)cc1. The van der Waals surface area contributed by atoms with Crippen LogP contribution in [0.25, 0.3) is 101 Å². The zero-order chi connectivity index (χ0) is 37.0. The smallest absolute Gasteiger partial charge is 0.238 e. The molecule has 0 amide bonds. The maximum absolute atomic E-state index is 5.22. The molecule has 0 bridgehead atoms. The normalized spacial score (nSPS) is 11.6. The van der Waals surface area contributed by atoms with Crippen LogP contribution >= 0.6 is 0 Å². The van der Waals surface area contributed by atoms with Crippen LogP contribution in [0.1, 0.15) is 0 Å². The van der Waals surface area contributed by atoms with Gasteiger partial charge in [-0.1, -0.05) is 109 Å². The molecular formula is C49H31N7. The maximum Gasteiger partial charge on any atom is 0.238 e. The molecule has 0 fully saturated rings. The lowest BCUT2D eigenvalue weighted by Gasteiger charge is -2.11. The highest BCUT2D eigenvalue weighted by Gasteiger charge is 2.24. The molecule has 7 heteroatoms. The monoisotopic (exact) mass is 717 g/mol. The first kappa shape index (κ1) is 31.7. The van der Waals surface area contributed by atoms with Crippen molar-refractivity contribution in [2.24, 2.45) is 0 Å². The molecule has 56 heavy (non-hydrogen) atoms. The Bertz CT molecular complexity index is 3160. The minimum absolute atomic E-state index is 0.544. The van der Waals surface area contributed by atoms with Crippen LogP contribution in [0, 0.1) is 0 Å². The number of hydrogen-bond acceptors (Lipinski definition) is 5. The van der Waals surface area contributed by atoms with Crippen LogP contribution in [0.4, 0.5) is 0 Å². The van der Waals surface area contributed by atoms with Gasteiger partial charge in [0.15, 0.2) is 11.6 Å². The first-order chi connectivity index (χ1) is 27.8. The first-order valence-electron chi connectivity index (χ1n) is 18.6. The molecule has 0 aliphatic heterocycles. The second-order valence-electron chi connectivity index (χ2n) is 13.8. The zero-order valence-electron chi connectivity index (χ0n) is 30.0. The topological polar surface area (TPSA) is 74.3 Å². The van der Waals surface area contributed by atoms with Gasteiger partial charge >= 0.3 is 0 Å². The summed E-state index contributed by atoms with van der Waals surface area (Å²) in [7, 11) is 0. The lowest BCUT2D eigenvalue weighted by Crippen LogP contribution is -2.06. The summed E-state index contributed by atoms with van der Waals surface area (Å²) in [6, 6.07) is 60.6. The Balaban J connectivity index is 1.29. The minimum Gasteiger partial charge on any atom is -0.309 e. The molecule has 5 heterocycles. The molecule has 11 aromatic rings. The lowest BCUT2D eigenvalue weighted by molar-refractivity contribution is 0.953. The zero-order valence-corrected chi connectivity index (χ0v) is 30.0. The number of rotatable bonds is 6. The van der Waals surface area contributed by atoms with E-state index in [1.54, 1.807) is 0 Å². The predicted molar refractivity (Wildman–Crippen MR) is 226 cm³/mol. The van der Waals surface area contributed by atoms with Gasteiger partial charge in [0.05, 0.1) is 33.5 Å². The third-order valence-electron chi connectivity index (χ3n) is 10.5. The second kappa shape index (κ2) is 13.0. The summed E-state index contributed by atoms with van der Waals surface area (Å²) >= 11 is 0. The molecule has 0 unspecified atom stereocenters. The van der Waals surface area contributed by atoms with Crippen molar-refractivity contribution >= 4 is 43.6 Å². The Morgan fingerprint density at radius 1 is 0.357 bits per heavy atom. The van der Waals surface area contributed by atoms with E-state index in [0.717, 1.165) is 82.9 Å². The Morgan fingerprint density at radius 2 is 0.875 bits per heavy atom. The largest absolute Gasteiger partial charge is 0.309 e. The molecule has 262 valence electrons. The van der Waals surface area contributed by atoms with Crippen molar-refractivity contribution < 1.29 is 0 Å². The average molecular weight is 718 g/mol. The standard InChI is InChI=1S/C49H31N7/c1-4-14-32(15-5-1)47-52-48(33-16-6-2-7-17-33)54-49(53-47)56-43-26-23-35(41-21-11-13-29-51-41)31-39(43)45-44(56)27-24-37-38-30-34(40-20-10-12-28-50-40)22-25-42(38)55(46(37)45)36-18-8-3-9-19-36/h1-31H. The summed E-state index contributed by atoms with van der Waals surface area (Å²) in [5, 5.41) is 4.45. The highest BCUT2D eigenvalue weighted by atomic mass is 15.2. The highest BCUT2D eigenvalue weighted by Crippen LogP contribution is 2.43. The molecule has 0 aliphatic rings. The summed E-state index contributed by atoms with van der Waals surface area (Å²) in [5.74, 6) is 1.76. The second-order valence-corrected chi connectivity index (χ2v) is 13.8. The van der Waals surface area contributed by atoms with Gasteiger partial charge < -0.3 is 4.57 Å². The van der Waals surface area contributed by atoms with E-state index >= 15 is 0 Å². The lowest BCUT2D eigenvalue weighted by atomic mass is 10.0. The molecule has 0 radical (unpaired) electrons. The number of para-hydroxylation sites is 1. The fourth-order valence-electron chi connectivity index (χ4n) is 7.95. The van der Waals surface area contributed by atoms with Gasteiger partial charge in [-0.05, 0) is 66.7 Å². The molecule has 0 spiro atoms. The third-order valence-corrected chi connectivity index (χ3v) is 10.5. The van der Waals surface area contributed by atoms with E-state index < -0.39 is 0 Å². The summed E-state index contributed by atoms with van der Waals surface area (Å²) in [6.07, 6.45) is 3.69. The van der Waals surface area contributed by atoms with Crippen molar-refractivity contribution in [1.29, 1.82) is 0 Å². The van der Waals surface area contributed by atoms with Crippen LogP contribution in [0.2, 0.25) is 0 Å². The first-order valence-corrected chi connectivity index (χ1v) is 18.6.